The quantitative estimate of drug-likeness (QED) is 0.570. The maximum atomic E-state index is 8.24. The molecule has 0 aromatic heterocycles. The molecule has 0 aliphatic carbocycles. The minimum Gasteiger partial charge on any atom is -0.493 e. The predicted octanol–water partition coefficient (Wildman–Crippen LogP) is 2.93. The van der Waals surface area contributed by atoms with E-state index in [1.807, 2.05) is 5.40 Å². The molecule has 0 bridgehead atoms. The van der Waals surface area contributed by atoms with Crippen LogP contribution in [0.2, 0.25) is 5.02 Å². The molecule has 0 unspecified atom stereocenters. The van der Waals surface area contributed by atoms with Crippen molar-refractivity contribution in [3.63, 3.8) is 0 Å². The SMILES string of the molecule is N#CSCCOc1ccc(Cl)cc1. The lowest BCUT2D eigenvalue weighted by atomic mass is 10.3. The molecule has 1 aromatic rings. The normalized spacial score (nSPS) is 9.23. The van der Waals surface area contributed by atoms with Crippen molar-refractivity contribution < 1.29 is 4.74 Å². The molecule has 1 aromatic carbocycles. The summed E-state index contributed by atoms with van der Waals surface area (Å²) < 4.78 is 5.33. The molecule has 1 rings (SSSR count). The van der Waals surface area contributed by atoms with Gasteiger partial charge in [-0.1, -0.05) is 11.6 Å². The summed E-state index contributed by atoms with van der Waals surface area (Å²) in [6, 6.07) is 7.15. The highest BCUT2D eigenvalue weighted by molar-refractivity contribution is 8.03. The molecule has 0 spiro atoms. The van der Waals surface area contributed by atoms with E-state index in [9.17, 15) is 0 Å². The second kappa shape index (κ2) is 5.74. The number of hydrogen-bond acceptors (Lipinski definition) is 3. The number of halogens is 1. The van der Waals surface area contributed by atoms with Crippen LogP contribution in [0, 0.1) is 10.7 Å². The smallest absolute Gasteiger partial charge is 0.133 e. The average molecular weight is 214 g/mol. The van der Waals surface area contributed by atoms with E-state index in [0.717, 1.165) is 5.75 Å². The zero-order valence-electron chi connectivity index (χ0n) is 6.87. The topological polar surface area (TPSA) is 33.0 Å². The molecule has 0 N–H and O–H groups in total. The molecular formula is C9H8ClNOS. The third kappa shape index (κ3) is 4.07. The number of hydrogen-bond donors (Lipinski definition) is 0. The van der Waals surface area contributed by atoms with Gasteiger partial charge in [-0.25, -0.2) is 0 Å². The Labute approximate surface area is 86.5 Å². The molecule has 0 saturated heterocycles. The number of nitriles is 1. The third-order valence-corrected chi connectivity index (χ3v) is 2.08. The highest BCUT2D eigenvalue weighted by atomic mass is 35.5. The van der Waals surface area contributed by atoms with E-state index < -0.39 is 0 Å². The van der Waals surface area contributed by atoms with Crippen LogP contribution >= 0.6 is 23.4 Å². The molecule has 4 heteroatoms. The van der Waals surface area contributed by atoms with Gasteiger partial charge in [0.05, 0.1) is 6.61 Å². The van der Waals surface area contributed by atoms with E-state index >= 15 is 0 Å². The predicted molar refractivity (Wildman–Crippen MR) is 55.0 cm³/mol. The molecular weight excluding hydrogens is 206 g/mol. The van der Waals surface area contributed by atoms with E-state index in [1.54, 1.807) is 24.3 Å². The number of ether oxygens (including phenoxy) is 1. The Hall–Kier alpha value is -0.850. The lowest BCUT2D eigenvalue weighted by Gasteiger charge is -2.03. The number of thioether (sulfide) groups is 1. The summed E-state index contributed by atoms with van der Waals surface area (Å²) in [6.45, 7) is 0.542. The van der Waals surface area contributed by atoms with Gasteiger partial charge in [-0.15, -0.1) is 0 Å². The van der Waals surface area contributed by atoms with Crippen molar-refractivity contribution in [2.24, 2.45) is 0 Å². The Morgan fingerprint density at radius 1 is 1.38 bits per heavy atom. The number of nitrogens with zero attached hydrogens (tertiary/aromatic N) is 1. The van der Waals surface area contributed by atoms with E-state index in [1.165, 1.54) is 11.8 Å². The summed E-state index contributed by atoms with van der Waals surface area (Å²) in [5, 5.41) is 10.9. The number of benzene rings is 1. The first-order chi connectivity index (χ1) is 6.33. The third-order valence-electron chi connectivity index (χ3n) is 1.33. The summed E-state index contributed by atoms with van der Waals surface area (Å²) in [5.41, 5.74) is 0. The van der Waals surface area contributed by atoms with Crippen molar-refractivity contribution >= 4 is 23.4 Å². The van der Waals surface area contributed by atoms with E-state index in [-0.39, 0.29) is 0 Å². The largest absolute Gasteiger partial charge is 0.493 e. The van der Waals surface area contributed by atoms with Crippen LogP contribution in [0.5, 0.6) is 5.75 Å². The fraction of sp³-hybridized carbons (Fsp3) is 0.222. The van der Waals surface area contributed by atoms with Crippen molar-refractivity contribution in [2.45, 2.75) is 0 Å². The van der Waals surface area contributed by atoms with Gasteiger partial charge < -0.3 is 4.74 Å². The second-order valence-corrected chi connectivity index (χ2v) is 3.56. The van der Waals surface area contributed by atoms with Gasteiger partial charge in [0.15, 0.2) is 0 Å². The minimum absolute atomic E-state index is 0.542. The first kappa shape index (κ1) is 10.2. The Balaban J connectivity index is 2.30. The summed E-state index contributed by atoms with van der Waals surface area (Å²) in [4.78, 5) is 0. The van der Waals surface area contributed by atoms with Crippen LogP contribution in [0.4, 0.5) is 0 Å². The molecule has 0 atom stereocenters. The standard InChI is InChI=1S/C9H8ClNOS/c10-8-1-3-9(4-2-8)12-5-6-13-7-11/h1-4H,5-6H2. The van der Waals surface area contributed by atoms with E-state index in [2.05, 4.69) is 0 Å². The molecule has 0 amide bonds. The van der Waals surface area contributed by atoms with Gasteiger partial charge in [0.2, 0.25) is 0 Å². The zero-order chi connectivity index (χ0) is 9.52. The molecule has 68 valence electrons. The summed E-state index contributed by atoms with van der Waals surface area (Å²) >= 11 is 6.88. The van der Waals surface area contributed by atoms with Gasteiger partial charge in [0.25, 0.3) is 0 Å². The van der Waals surface area contributed by atoms with Gasteiger partial charge in [-0.3, -0.25) is 0 Å². The fourth-order valence-corrected chi connectivity index (χ4v) is 1.16. The summed E-state index contributed by atoms with van der Waals surface area (Å²) in [6.07, 6.45) is 0. The van der Waals surface area contributed by atoms with Gasteiger partial charge >= 0.3 is 0 Å². The van der Waals surface area contributed by atoms with Gasteiger partial charge in [-0.05, 0) is 36.0 Å². The minimum atomic E-state index is 0.542. The lowest BCUT2D eigenvalue weighted by molar-refractivity contribution is 0.344. The van der Waals surface area contributed by atoms with Crippen LogP contribution in [-0.2, 0) is 0 Å². The molecule has 0 heterocycles. The van der Waals surface area contributed by atoms with Crippen molar-refractivity contribution in [2.75, 3.05) is 12.4 Å². The van der Waals surface area contributed by atoms with Crippen LogP contribution in [0.3, 0.4) is 0 Å². The zero-order valence-corrected chi connectivity index (χ0v) is 8.44. The number of thiocyanates is 1. The molecule has 0 saturated carbocycles. The Bertz CT molecular complexity index is 293. The van der Waals surface area contributed by atoms with Crippen LogP contribution in [0.1, 0.15) is 0 Å². The Morgan fingerprint density at radius 2 is 2.08 bits per heavy atom. The average Bonchev–Trinajstić information content (AvgIpc) is 2.15. The molecule has 0 aliphatic rings. The van der Waals surface area contributed by atoms with E-state index in [4.69, 9.17) is 21.6 Å². The molecule has 0 aliphatic heterocycles. The first-order valence-electron chi connectivity index (χ1n) is 3.72. The lowest BCUT2D eigenvalue weighted by Crippen LogP contribution is -1.98. The summed E-state index contributed by atoms with van der Waals surface area (Å²) in [7, 11) is 0. The van der Waals surface area contributed by atoms with Crippen molar-refractivity contribution in [3.05, 3.63) is 29.3 Å². The van der Waals surface area contributed by atoms with Gasteiger partial charge in [-0.2, -0.15) is 5.26 Å². The first-order valence-corrected chi connectivity index (χ1v) is 5.08. The van der Waals surface area contributed by atoms with Crippen LogP contribution in [0.15, 0.2) is 24.3 Å². The van der Waals surface area contributed by atoms with Crippen molar-refractivity contribution in [3.8, 4) is 11.2 Å². The maximum Gasteiger partial charge on any atom is 0.133 e. The molecule has 13 heavy (non-hydrogen) atoms. The maximum absolute atomic E-state index is 8.24. The van der Waals surface area contributed by atoms with Crippen LogP contribution < -0.4 is 4.74 Å². The fourth-order valence-electron chi connectivity index (χ4n) is 0.778. The van der Waals surface area contributed by atoms with Crippen molar-refractivity contribution in [1.29, 1.82) is 5.26 Å². The molecule has 0 fully saturated rings. The molecule has 2 nitrogen and oxygen atoms in total. The van der Waals surface area contributed by atoms with Crippen LogP contribution in [-0.4, -0.2) is 12.4 Å². The van der Waals surface area contributed by atoms with Gasteiger partial charge in [0, 0.05) is 10.8 Å². The summed E-state index contributed by atoms with van der Waals surface area (Å²) in [5.74, 6) is 1.46. The van der Waals surface area contributed by atoms with Crippen molar-refractivity contribution in [1.82, 2.24) is 0 Å². The Morgan fingerprint density at radius 3 is 2.69 bits per heavy atom. The molecule has 0 radical (unpaired) electrons. The second-order valence-electron chi connectivity index (χ2n) is 2.24. The highest BCUT2D eigenvalue weighted by Gasteiger charge is 1.93. The van der Waals surface area contributed by atoms with Gasteiger partial charge in [0.1, 0.15) is 11.2 Å². The number of rotatable bonds is 4. The monoisotopic (exact) mass is 213 g/mol. The van der Waals surface area contributed by atoms with E-state index in [0.29, 0.717) is 17.4 Å². The Kier molecular flexibility index (Phi) is 4.52. The van der Waals surface area contributed by atoms with Crippen LogP contribution in [0.25, 0.3) is 0 Å². The highest BCUT2D eigenvalue weighted by Crippen LogP contribution is 2.15.